The summed E-state index contributed by atoms with van der Waals surface area (Å²) in [5.41, 5.74) is 1.15. The number of nitrogens with zero attached hydrogens (tertiary/aromatic N) is 3. The maximum atomic E-state index is 12.3. The molecule has 2 rings (SSSR count). The van der Waals surface area contributed by atoms with Gasteiger partial charge in [0.05, 0.1) is 23.6 Å². The molecule has 0 aromatic carbocycles. The molecule has 0 bridgehead atoms. The fourth-order valence-corrected chi connectivity index (χ4v) is 2.08. The van der Waals surface area contributed by atoms with Crippen LogP contribution >= 0.6 is 0 Å². The van der Waals surface area contributed by atoms with E-state index >= 15 is 0 Å². The second kappa shape index (κ2) is 5.75. The van der Waals surface area contributed by atoms with Crippen LogP contribution in [0.1, 0.15) is 38.2 Å². The Hall–Kier alpha value is -1.69. The van der Waals surface area contributed by atoms with Crippen molar-refractivity contribution in [3.63, 3.8) is 0 Å². The Morgan fingerprint density at radius 3 is 2.75 bits per heavy atom. The van der Waals surface area contributed by atoms with Crippen molar-refractivity contribution in [2.45, 2.75) is 39.3 Å². The topological polar surface area (TPSA) is 67.4 Å². The molecule has 6 heteroatoms. The van der Waals surface area contributed by atoms with Crippen LogP contribution in [0, 0.1) is 6.92 Å². The Balaban J connectivity index is 2.16. The number of ether oxygens (including phenoxy) is 1. The summed E-state index contributed by atoms with van der Waals surface area (Å²) in [6.07, 6.45) is 3.15. The molecule has 1 aliphatic rings. The number of carbonyl (C=O) groups is 1. The van der Waals surface area contributed by atoms with Gasteiger partial charge in [-0.1, -0.05) is 0 Å². The molecule has 1 unspecified atom stereocenters. The summed E-state index contributed by atoms with van der Waals surface area (Å²) >= 11 is 0. The van der Waals surface area contributed by atoms with E-state index in [1.807, 2.05) is 27.7 Å². The number of carbonyl (C=O) groups excluding carboxylic acids is 1. The van der Waals surface area contributed by atoms with Gasteiger partial charge in [0.25, 0.3) is 0 Å². The second-order valence-electron chi connectivity index (χ2n) is 5.98. The predicted molar refractivity (Wildman–Crippen MR) is 75.3 cm³/mol. The van der Waals surface area contributed by atoms with E-state index in [2.05, 4.69) is 15.3 Å². The predicted octanol–water partition coefficient (Wildman–Crippen LogP) is 1.67. The smallest absolute Gasteiger partial charge is 0.410 e. The van der Waals surface area contributed by atoms with Crippen LogP contribution in [0.25, 0.3) is 0 Å². The number of hydrogen-bond acceptors (Lipinski definition) is 5. The van der Waals surface area contributed by atoms with Gasteiger partial charge in [-0.25, -0.2) is 4.79 Å². The SMILES string of the molecule is Cc1cnc(C2CNCCN2C(=O)OC(C)(C)C)cn1. The first kappa shape index (κ1) is 14.7. The number of hydrogen-bond donors (Lipinski definition) is 1. The third kappa shape index (κ3) is 3.66. The summed E-state index contributed by atoms with van der Waals surface area (Å²) in [4.78, 5) is 22.6. The normalized spacial score (nSPS) is 19.8. The Morgan fingerprint density at radius 2 is 2.15 bits per heavy atom. The zero-order valence-electron chi connectivity index (χ0n) is 12.5. The zero-order valence-corrected chi connectivity index (χ0v) is 12.5. The Kier molecular flexibility index (Phi) is 4.23. The second-order valence-corrected chi connectivity index (χ2v) is 5.98. The lowest BCUT2D eigenvalue weighted by Gasteiger charge is -2.36. The van der Waals surface area contributed by atoms with E-state index in [0.717, 1.165) is 17.9 Å². The quantitative estimate of drug-likeness (QED) is 0.846. The fraction of sp³-hybridized carbons (Fsp3) is 0.643. The third-order valence-electron chi connectivity index (χ3n) is 3.01. The Bertz CT molecular complexity index is 467. The summed E-state index contributed by atoms with van der Waals surface area (Å²) < 4.78 is 5.46. The van der Waals surface area contributed by atoms with Crippen molar-refractivity contribution >= 4 is 6.09 Å². The molecule has 6 nitrogen and oxygen atoms in total. The van der Waals surface area contributed by atoms with Crippen LogP contribution in [0.3, 0.4) is 0 Å². The number of aryl methyl sites for hydroxylation is 1. The van der Waals surface area contributed by atoms with Gasteiger partial charge in [-0.15, -0.1) is 0 Å². The van der Waals surface area contributed by atoms with Gasteiger partial charge in [-0.2, -0.15) is 0 Å². The highest BCUT2D eigenvalue weighted by Crippen LogP contribution is 2.22. The van der Waals surface area contributed by atoms with E-state index in [4.69, 9.17) is 4.74 Å². The highest BCUT2D eigenvalue weighted by molar-refractivity contribution is 5.69. The molecule has 2 heterocycles. The van der Waals surface area contributed by atoms with Crippen LogP contribution in [0.5, 0.6) is 0 Å². The van der Waals surface area contributed by atoms with Crippen molar-refractivity contribution < 1.29 is 9.53 Å². The van der Waals surface area contributed by atoms with Crippen LogP contribution < -0.4 is 5.32 Å². The third-order valence-corrected chi connectivity index (χ3v) is 3.01. The van der Waals surface area contributed by atoms with Crippen LogP contribution in [-0.4, -0.2) is 46.2 Å². The number of rotatable bonds is 1. The molecule has 110 valence electrons. The average Bonchev–Trinajstić information content (AvgIpc) is 2.38. The number of amides is 1. The summed E-state index contributed by atoms with van der Waals surface area (Å²) in [6, 6.07) is -0.133. The van der Waals surface area contributed by atoms with Gasteiger partial charge in [0, 0.05) is 25.8 Å². The largest absolute Gasteiger partial charge is 0.444 e. The molecule has 0 spiro atoms. The van der Waals surface area contributed by atoms with Gasteiger partial charge in [0.15, 0.2) is 0 Å². The molecule has 1 aromatic rings. The summed E-state index contributed by atoms with van der Waals surface area (Å²) in [6.45, 7) is 9.53. The maximum absolute atomic E-state index is 12.3. The highest BCUT2D eigenvalue weighted by atomic mass is 16.6. The number of piperazine rings is 1. The maximum Gasteiger partial charge on any atom is 0.410 e. The average molecular weight is 278 g/mol. The van der Waals surface area contributed by atoms with Crippen molar-refractivity contribution in [2.24, 2.45) is 0 Å². The van der Waals surface area contributed by atoms with Crippen molar-refractivity contribution in [2.75, 3.05) is 19.6 Å². The monoisotopic (exact) mass is 278 g/mol. The lowest BCUT2D eigenvalue weighted by Crippen LogP contribution is -2.50. The molecule has 1 saturated heterocycles. The van der Waals surface area contributed by atoms with Crippen molar-refractivity contribution in [1.82, 2.24) is 20.2 Å². The molecule has 1 N–H and O–H groups in total. The minimum absolute atomic E-state index is 0.133. The molecule has 0 radical (unpaired) electrons. The van der Waals surface area contributed by atoms with Crippen LogP contribution in [0.4, 0.5) is 4.79 Å². The molecule has 1 aromatic heterocycles. The number of nitrogens with one attached hydrogen (secondary N) is 1. The van der Waals surface area contributed by atoms with E-state index in [9.17, 15) is 4.79 Å². The summed E-state index contributed by atoms with van der Waals surface area (Å²) in [7, 11) is 0. The van der Waals surface area contributed by atoms with Crippen molar-refractivity contribution in [1.29, 1.82) is 0 Å². The molecule has 1 atom stereocenters. The minimum atomic E-state index is -0.495. The first-order chi connectivity index (χ1) is 9.37. The first-order valence-corrected chi connectivity index (χ1v) is 6.86. The van der Waals surface area contributed by atoms with Crippen molar-refractivity contribution in [3.05, 3.63) is 23.8 Å². The fourth-order valence-electron chi connectivity index (χ4n) is 2.08. The van der Waals surface area contributed by atoms with E-state index in [1.165, 1.54) is 0 Å². The van der Waals surface area contributed by atoms with Gasteiger partial charge in [0.2, 0.25) is 0 Å². The van der Waals surface area contributed by atoms with E-state index in [0.29, 0.717) is 13.1 Å². The first-order valence-electron chi connectivity index (χ1n) is 6.86. The van der Waals surface area contributed by atoms with E-state index in [-0.39, 0.29) is 12.1 Å². The van der Waals surface area contributed by atoms with E-state index < -0.39 is 5.60 Å². The lowest BCUT2D eigenvalue weighted by molar-refractivity contribution is 0.0113. The van der Waals surface area contributed by atoms with Crippen LogP contribution in [0.2, 0.25) is 0 Å². The van der Waals surface area contributed by atoms with Gasteiger partial charge in [-0.05, 0) is 27.7 Å². The molecule has 20 heavy (non-hydrogen) atoms. The highest BCUT2D eigenvalue weighted by Gasteiger charge is 2.32. The van der Waals surface area contributed by atoms with Crippen molar-refractivity contribution in [3.8, 4) is 0 Å². The van der Waals surface area contributed by atoms with Gasteiger partial charge >= 0.3 is 6.09 Å². The lowest BCUT2D eigenvalue weighted by atomic mass is 10.1. The molecule has 1 fully saturated rings. The molecule has 1 aliphatic heterocycles. The number of aromatic nitrogens is 2. The van der Waals surface area contributed by atoms with Gasteiger partial charge in [-0.3, -0.25) is 14.9 Å². The molecular weight excluding hydrogens is 256 g/mol. The Morgan fingerprint density at radius 1 is 1.40 bits per heavy atom. The zero-order chi connectivity index (χ0) is 14.8. The molecule has 1 amide bonds. The molecular formula is C14H22N4O2. The minimum Gasteiger partial charge on any atom is -0.444 e. The summed E-state index contributed by atoms with van der Waals surface area (Å²) in [5.74, 6) is 0. The Labute approximate surface area is 119 Å². The standard InChI is InChI=1S/C14H22N4O2/c1-10-7-17-11(8-16-10)12-9-15-5-6-18(12)13(19)20-14(2,3)4/h7-8,12,15H,5-6,9H2,1-4H3. The van der Waals surface area contributed by atoms with Gasteiger partial charge < -0.3 is 10.1 Å². The molecule has 0 aliphatic carbocycles. The van der Waals surface area contributed by atoms with Crippen LogP contribution in [-0.2, 0) is 4.74 Å². The van der Waals surface area contributed by atoms with E-state index in [1.54, 1.807) is 17.3 Å². The summed E-state index contributed by atoms with van der Waals surface area (Å²) in [5, 5.41) is 3.28. The van der Waals surface area contributed by atoms with Gasteiger partial charge in [0.1, 0.15) is 5.60 Å². The van der Waals surface area contributed by atoms with Crippen LogP contribution in [0.15, 0.2) is 12.4 Å². The molecule has 0 saturated carbocycles.